The molecular formula is C22H22N4O4S. The quantitative estimate of drug-likeness (QED) is 0.636. The second kappa shape index (κ2) is 7.08. The number of nitrogens with one attached hydrogen (secondary N) is 2. The fourth-order valence-corrected chi connectivity index (χ4v) is 6.04. The van der Waals surface area contributed by atoms with Crippen LogP contribution in [0.25, 0.3) is 10.9 Å². The number of benzene rings is 2. The highest BCUT2D eigenvalue weighted by Crippen LogP contribution is 2.34. The molecular weight excluding hydrogens is 416 g/mol. The first-order valence-electron chi connectivity index (χ1n) is 10.4. The number of anilines is 2. The SMILES string of the molecule is O=S(=O)(Nc1ccc2nc(NC3COc4ccccc43)ccc2c1)N1C[C@@H]2C[C@H]1CO2. The molecule has 31 heavy (non-hydrogen) atoms. The van der Waals surface area contributed by atoms with Crippen LogP contribution in [0.1, 0.15) is 18.0 Å². The molecule has 2 aromatic carbocycles. The number of hydrogen-bond acceptors (Lipinski definition) is 6. The standard InChI is InChI=1S/C22H22N4O4S/c27-31(28,26-11-17-10-16(26)12-29-17)25-15-6-7-19-14(9-15)5-8-22(23-19)24-20-13-30-21-4-2-1-3-18(20)21/h1-9,16-17,20,25H,10-13H2,(H,23,24)/t16-,17-,20?/m0/s1. The van der Waals surface area contributed by atoms with Gasteiger partial charge >= 0.3 is 10.2 Å². The van der Waals surface area contributed by atoms with Crippen molar-refractivity contribution in [3.05, 3.63) is 60.2 Å². The molecule has 2 N–H and O–H groups in total. The Bertz CT molecular complexity index is 1270. The van der Waals surface area contributed by atoms with Gasteiger partial charge in [0.05, 0.1) is 36.0 Å². The van der Waals surface area contributed by atoms with E-state index in [1.165, 1.54) is 4.31 Å². The molecule has 6 rings (SSSR count). The van der Waals surface area contributed by atoms with Gasteiger partial charge in [-0.1, -0.05) is 18.2 Å². The summed E-state index contributed by atoms with van der Waals surface area (Å²) in [7, 11) is -3.61. The van der Waals surface area contributed by atoms with Crippen LogP contribution in [0.4, 0.5) is 11.5 Å². The lowest BCUT2D eigenvalue weighted by Gasteiger charge is -2.26. The summed E-state index contributed by atoms with van der Waals surface area (Å²) < 4.78 is 41.0. The minimum atomic E-state index is -3.61. The molecule has 9 heteroatoms. The third kappa shape index (κ3) is 3.38. The Balaban J connectivity index is 1.20. The highest BCUT2D eigenvalue weighted by Gasteiger charge is 2.45. The predicted octanol–water partition coefficient (Wildman–Crippen LogP) is 2.91. The van der Waals surface area contributed by atoms with Crippen molar-refractivity contribution < 1.29 is 17.9 Å². The summed E-state index contributed by atoms with van der Waals surface area (Å²) in [5.41, 5.74) is 2.43. The largest absolute Gasteiger partial charge is 0.491 e. The molecule has 3 aliphatic heterocycles. The molecule has 4 heterocycles. The third-order valence-corrected chi connectivity index (χ3v) is 7.68. The number of ether oxygens (including phenoxy) is 2. The van der Waals surface area contributed by atoms with Gasteiger partial charge in [-0.2, -0.15) is 12.7 Å². The zero-order chi connectivity index (χ0) is 21.0. The third-order valence-electron chi connectivity index (χ3n) is 6.12. The average Bonchev–Trinajstić information content (AvgIpc) is 3.50. The summed E-state index contributed by atoms with van der Waals surface area (Å²) in [4.78, 5) is 4.69. The number of rotatable bonds is 5. The normalized spacial score (nSPS) is 24.8. The molecule has 2 saturated heterocycles. The number of pyridine rings is 1. The van der Waals surface area contributed by atoms with Gasteiger partial charge in [0.25, 0.3) is 0 Å². The lowest BCUT2D eigenvalue weighted by atomic mass is 10.1. The second-order valence-corrected chi connectivity index (χ2v) is 9.79. The van der Waals surface area contributed by atoms with Gasteiger partial charge in [0.1, 0.15) is 18.2 Å². The van der Waals surface area contributed by atoms with E-state index < -0.39 is 10.2 Å². The Morgan fingerprint density at radius 2 is 1.97 bits per heavy atom. The van der Waals surface area contributed by atoms with Crippen LogP contribution in [0.5, 0.6) is 5.75 Å². The smallest absolute Gasteiger partial charge is 0.302 e. The van der Waals surface area contributed by atoms with Crippen molar-refractivity contribution in [1.82, 2.24) is 9.29 Å². The van der Waals surface area contributed by atoms with Crippen LogP contribution in [0, 0.1) is 0 Å². The highest BCUT2D eigenvalue weighted by atomic mass is 32.2. The van der Waals surface area contributed by atoms with E-state index in [1.54, 1.807) is 6.07 Å². The molecule has 0 radical (unpaired) electrons. The van der Waals surface area contributed by atoms with Crippen molar-refractivity contribution >= 4 is 32.6 Å². The number of aromatic nitrogens is 1. The first-order valence-corrected chi connectivity index (χ1v) is 11.8. The number of para-hydroxylation sites is 1. The summed E-state index contributed by atoms with van der Waals surface area (Å²) in [6.07, 6.45) is 0.792. The van der Waals surface area contributed by atoms with Gasteiger partial charge in [-0.3, -0.25) is 4.72 Å². The topological polar surface area (TPSA) is 92.8 Å². The second-order valence-electron chi connectivity index (χ2n) is 8.17. The van der Waals surface area contributed by atoms with E-state index in [4.69, 9.17) is 9.47 Å². The molecule has 0 aliphatic carbocycles. The van der Waals surface area contributed by atoms with Crippen LogP contribution < -0.4 is 14.8 Å². The molecule has 3 aromatic rings. The van der Waals surface area contributed by atoms with Crippen LogP contribution in [-0.4, -0.2) is 49.6 Å². The van der Waals surface area contributed by atoms with E-state index in [9.17, 15) is 8.42 Å². The molecule has 3 aliphatic rings. The van der Waals surface area contributed by atoms with Crippen molar-refractivity contribution in [3.8, 4) is 5.75 Å². The lowest BCUT2D eigenvalue weighted by Crippen LogP contribution is -2.44. The molecule has 8 nitrogen and oxygen atoms in total. The maximum absolute atomic E-state index is 12.8. The lowest BCUT2D eigenvalue weighted by molar-refractivity contribution is 0.0611. The van der Waals surface area contributed by atoms with Crippen molar-refractivity contribution in [2.45, 2.75) is 24.6 Å². The van der Waals surface area contributed by atoms with Crippen LogP contribution in [0.3, 0.4) is 0 Å². The molecule has 1 aromatic heterocycles. The van der Waals surface area contributed by atoms with Gasteiger partial charge in [-0.15, -0.1) is 0 Å². The monoisotopic (exact) mass is 438 g/mol. The number of fused-ring (bicyclic) bond motifs is 4. The van der Waals surface area contributed by atoms with E-state index in [0.29, 0.717) is 25.4 Å². The summed E-state index contributed by atoms with van der Waals surface area (Å²) in [6, 6.07) is 17.2. The van der Waals surface area contributed by atoms with Gasteiger partial charge in [0.15, 0.2) is 0 Å². The summed E-state index contributed by atoms with van der Waals surface area (Å²) in [5, 5.41) is 4.29. The number of hydrogen-bond donors (Lipinski definition) is 2. The highest BCUT2D eigenvalue weighted by molar-refractivity contribution is 7.90. The van der Waals surface area contributed by atoms with E-state index in [0.717, 1.165) is 34.5 Å². The minimum Gasteiger partial charge on any atom is -0.491 e. The van der Waals surface area contributed by atoms with Crippen molar-refractivity contribution in [2.24, 2.45) is 0 Å². The summed E-state index contributed by atoms with van der Waals surface area (Å²) >= 11 is 0. The fourth-order valence-electron chi connectivity index (χ4n) is 4.60. The molecule has 0 spiro atoms. The first kappa shape index (κ1) is 18.9. The predicted molar refractivity (Wildman–Crippen MR) is 117 cm³/mol. The van der Waals surface area contributed by atoms with Gasteiger partial charge < -0.3 is 14.8 Å². The zero-order valence-electron chi connectivity index (χ0n) is 16.7. The molecule has 0 amide bonds. The van der Waals surface area contributed by atoms with Crippen molar-refractivity contribution in [3.63, 3.8) is 0 Å². The Labute approximate surface area is 180 Å². The Morgan fingerprint density at radius 3 is 2.81 bits per heavy atom. The molecule has 3 atom stereocenters. The first-order chi connectivity index (χ1) is 15.0. The summed E-state index contributed by atoms with van der Waals surface area (Å²) in [5.74, 6) is 1.65. The van der Waals surface area contributed by atoms with Crippen molar-refractivity contribution in [1.29, 1.82) is 0 Å². The molecule has 160 valence electrons. The van der Waals surface area contributed by atoms with Crippen LogP contribution in [0.2, 0.25) is 0 Å². The zero-order valence-corrected chi connectivity index (χ0v) is 17.5. The van der Waals surface area contributed by atoms with Gasteiger partial charge in [-0.25, -0.2) is 4.98 Å². The van der Waals surface area contributed by atoms with Crippen LogP contribution in [0.15, 0.2) is 54.6 Å². The molecule has 0 saturated carbocycles. The average molecular weight is 439 g/mol. The summed E-state index contributed by atoms with van der Waals surface area (Å²) in [6.45, 7) is 1.45. The molecule has 2 fully saturated rings. The minimum absolute atomic E-state index is 0.0190. The fraction of sp³-hybridized carbons (Fsp3) is 0.318. The Hall–Kier alpha value is -2.88. The van der Waals surface area contributed by atoms with Gasteiger partial charge in [0, 0.05) is 17.5 Å². The maximum atomic E-state index is 12.8. The molecule has 1 unspecified atom stereocenters. The number of nitrogens with zero attached hydrogens (tertiary/aromatic N) is 2. The van der Waals surface area contributed by atoms with Crippen LogP contribution >= 0.6 is 0 Å². The van der Waals surface area contributed by atoms with E-state index in [2.05, 4.69) is 21.1 Å². The van der Waals surface area contributed by atoms with E-state index in [1.807, 2.05) is 42.5 Å². The Morgan fingerprint density at radius 1 is 1.06 bits per heavy atom. The number of morpholine rings is 1. The maximum Gasteiger partial charge on any atom is 0.302 e. The van der Waals surface area contributed by atoms with Gasteiger partial charge in [-0.05, 0) is 42.8 Å². The molecule has 2 bridgehead atoms. The van der Waals surface area contributed by atoms with Crippen molar-refractivity contribution in [2.75, 3.05) is 29.8 Å². The van der Waals surface area contributed by atoms with E-state index in [-0.39, 0.29) is 18.2 Å². The Kier molecular flexibility index (Phi) is 4.31. The van der Waals surface area contributed by atoms with Crippen LogP contribution in [-0.2, 0) is 14.9 Å². The van der Waals surface area contributed by atoms with Gasteiger partial charge in [0.2, 0.25) is 0 Å². The van der Waals surface area contributed by atoms with E-state index >= 15 is 0 Å².